The van der Waals surface area contributed by atoms with Gasteiger partial charge in [-0.2, -0.15) is 0 Å². The molecule has 6 heteroatoms. The molecule has 1 aliphatic heterocycles. The maximum Gasteiger partial charge on any atom is 0.170 e. The largest absolute Gasteiger partial charge is 0.362 e. The maximum atomic E-state index is 5.97. The fourth-order valence-corrected chi connectivity index (χ4v) is 3.69. The van der Waals surface area contributed by atoms with E-state index in [-0.39, 0.29) is 0 Å². The number of likely N-dealkylation sites (tertiary alicyclic amines) is 1. The molecule has 1 unspecified atom stereocenters. The van der Waals surface area contributed by atoms with Crippen LogP contribution in [-0.4, -0.2) is 30.8 Å². The number of hydrogen-bond acceptors (Lipinski definition) is 1. The van der Waals surface area contributed by atoms with Crippen LogP contribution in [-0.2, 0) is 0 Å². The molecule has 0 saturated carbocycles. The Labute approximate surface area is 148 Å². The van der Waals surface area contributed by atoms with Gasteiger partial charge < -0.3 is 15.5 Å². The predicted molar refractivity (Wildman–Crippen MR) is 99.3 cm³/mol. The van der Waals surface area contributed by atoms with Crippen molar-refractivity contribution in [3.05, 3.63) is 28.2 Å². The lowest BCUT2D eigenvalue weighted by atomic mass is 10.0. The number of hydrogen-bond donors (Lipinski definition) is 3. The monoisotopic (exact) mass is 360 g/mol. The van der Waals surface area contributed by atoms with Crippen LogP contribution in [0.15, 0.2) is 18.2 Å². The van der Waals surface area contributed by atoms with Gasteiger partial charge in [-0.1, -0.05) is 23.2 Å². The van der Waals surface area contributed by atoms with Crippen molar-refractivity contribution in [1.82, 2.24) is 5.32 Å². The molecule has 0 radical (unpaired) electrons. The summed E-state index contributed by atoms with van der Waals surface area (Å²) in [7, 11) is 0. The molecule has 1 fully saturated rings. The number of quaternary nitrogens is 1. The van der Waals surface area contributed by atoms with Crippen LogP contribution in [0, 0.1) is 0 Å². The van der Waals surface area contributed by atoms with Gasteiger partial charge in [-0.25, -0.2) is 0 Å². The van der Waals surface area contributed by atoms with Gasteiger partial charge in [-0.05, 0) is 56.6 Å². The van der Waals surface area contributed by atoms with Gasteiger partial charge in [0.15, 0.2) is 5.11 Å². The summed E-state index contributed by atoms with van der Waals surface area (Å²) in [4.78, 5) is 1.73. The molecule has 1 saturated heterocycles. The van der Waals surface area contributed by atoms with Crippen molar-refractivity contribution in [2.24, 2.45) is 0 Å². The van der Waals surface area contributed by atoms with Crippen LogP contribution in [0.1, 0.15) is 32.6 Å². The van der Waals surface area contributed by atoms with E-state index in [4.69, 9.17) is 35.4 Å². The predicted octanol–water partition coefficient (Wildman–Crippen LogP) is 3.13. The molecule has 0 amide bonds. The molecule has 1 aromatic rings. The molecule has 3 nitrogen and oxygen atoms in total. The van der Waals surface area contributed by atoms with Crippen LogP contribution in [0.4, 0.5) is 5.69 Å². The first-order chi connectivity index (χ1) is 10.5. The number of nitrogens with one attached hydrogen (secondary N) is 3. The lowest BCUT2D eigenvalue weighted by Gasteiger charge is -2.30. The van der Waals surface area contributed by atoms with Crippen molar-refractivity contribution >= 4 is 46.2 Å². The third-order valence-corrected chi connectivity index (χ3v) is 4.85. The highest BCUT2D eigenvalue weighted by atomic mass is 35.5. The second kappa shape index (κ2) is 8.92. The number of rotatable bonds is 5. The molecule has 1 heterocycles. The zero-order valence-electron chi connectivity index (χ0n) is 12.9. The summed E-state index contributed by atoms with van der Waals surface area (Å²) in [6.07, 6.45) is 5.23. The first-order valence-electron chi connectivity index (χ1n) is 7.90. The standard InChI is InChI=1S/C16H23Cl2N3S/c1-12-5-2-3-7-21(12)8-4-6-19-16(22)20-15-10-13(17)9-14(18)11-15/h9-12H,2-8H2,1H3,(H2,19,20,22)/p+1/t12-/m0/s1. The second-order valence-corrected chi connectivity index (χ2v) is 7.23. The Hall–Kier alpha value is -0.550. The fraction of sp³-hybridized carbons (Fsp3) is 0.562. The van der Waals surface area contributed by atoms with E-state index in [0.717, 1.165) is 24.7 Å². The molecule has 0 aliphatic carbocycles. The van der Waals surface area contributed by atoms with Crippen LogP contribution in [0.2, 0.25) is 10.0 Å². The van der Waals surface area contributed by atoms with E-state index in [0.29, 0.717) is 15.2 Å². The van der Waals surface area contributed by atoms with Crippen molar-refractivity contribution in [2.45, 2.75) is 38.6 Å². The number of benzene rings is 1. The van der Waals surface area contributed by atoms with Crippen LogP contribution in [0.25, 0.3) is 0 Å². The Balaban J connectivity index is 1.67. The van der Waals surface area contributed by atoms with Gasteiger partial charge in [0, 0.05) is 28.7 Å². The minimum atomic E-state index is 0.598. The third kappa shape index (κ3) is 5.92. The van der Waals surface area contributed by atoms with Gasteiger partial charge >= 0.3 is 0 Å². The number of anilines is 1. The minimum Gasteiger partial charge on any atom is -0.362 e. The first kappa shape index (κ1) is 17.8. The number of thiocarbonyl (C=S) groups is 1. The van der Waals surface area contributed by atoms with Crippen molar-refractivity contribution in [3.63, 3.8) is 0 Å². The molecule has 3 N–H and O–H groups in total. The molecular weight excluding hydrogens is 337 g/mol. The number of piperidine rings is 1. The smallest absolute Gasteiger partial charge is 0.170 e. The van der Waals surface area contributed by atoms with Crippen molar-refractivity contribution in [2.75, 3.05) is 25.0 Å². The summed E-state index contributed by atoms with van der Waals surface area (Å²) in [5, 5.41) is 8.17. The molecule has 2 rings (SSSR count). The Morgan fingerprint density at radius 1 is 1.27 bits per heavy atom. The van der Waals surface area contributed by atoms with E-state index < -0.39 is 0 Å². The highest BCUT2D eigenvalue weighted by Crippen LogP contribution is 2.22. The van der Waals surface area contributed by atoms with Gasteiger partial charge in [0.1, 0.15) is 0 Å². The third-order valence-electron chi connectivity index (χ3n) is 4.16. The first-order valence-corrected chi connectivity index (χ1v) is 9.06. The van der Waals surface area contributed by atoms with Crippen LogP contribution >= 0.6 is 35.4 Å². The van der Waals surface area contributed by atoms with E-state index in [2.05, 4.69) is 17.6 Å². The van der Waals surface area contributed by atoms with Crippen LogP contribution < -0.4 is 15.5 Å². The average molecular weight is 361 g/mol. The number of halogens is 2. The lowest BCUT2D eigenvalue weighted by molar-refractivity contribution is -0.928. The molecular formula is C16H24Cl2N3S+. The van der Waals surface area contributed by atoms with Crippen molar-refractivity contribution in [3.8, 4) is 0 Å². The minimum absolute atomic E-state index is 0.598. The van der Waals surface area contributed by atoms with Crippen LogP contribution in [0.3, 0.4) is 0 Å². The van der Waals surface area contributed by atoms with Crippen molar-refractivity contribution < 1.29 is 4.90 Å². The van der Waals surface area contributed by atoms with E-state index in [9.17, 15) is 0 Å². The Morgan fingerprint density at radius 2 is 2.00 bits per heavy atom. The Morgan fingerprint density at radius 3 is 2.68 bits per heavy atom. The van der Waals surface area contributed by atoms with E-state index in [1.807, 2.05) is 0 Å². The van der Waals surface area contributed by atoms with E-state index in [1.165, 1.54) is 32.4 Å². The normalized spacial score (nSPS) is 21.4. The fourth-order valence-electron chi connectivity index (χ4n) is 2.94. The zero-order valence-corrected chi connectivity index (χ0v) is 15.3. The van der Waals surface area contributed by atoms with Gasteiger partial charge in [0.05, 0.1) is 19.1 Å². The summed E-state index contributed by atoms with van der Waals surface area (Å²) in [6.45, 7) is 5.76. The SMILES string of the molecule is C[C@H]1CCCC[NH+]1CCCNC(=S)Nc1cc(Cl)cc(Cl)c1. The highest BCUT2D eigenvalue weighted by Gasteiger charge is 2.20. The molecule has 22 heavy (non-hydrogen) atoms. The molecule has 1 aliphatic rings. The lowest BCUT2D eigenvalue weighted by Crippen LogP contribution is -3.16. The Bertz CT molecular complexity index is 490. The Kier molecular flexibility index (Phi) is 7.22. The average Bonchev–Trinajstić information content (AvgIpc) is 2.44. The van der Waals surface area contributed by atoms with Gasteiger partial charge in [-0.15, -0.1) is 0 Å². The molecule has 0 spiro atoms. The molecule has 122 valence electrons. The van der Waals surface area contributed by atoms with Crippen LogP contribution in [0.5, 0.6) is 0 Å². The quantitative estimate of drug-likeness (QED) is 0.556. The maximum absolute atomic E-state index is 5.97. The zero-order chi connectivity index (χ0) is 15.9. The summed E-state index contributed by atoms with van der Waals surface area (Å²) in [5.74, 6) is 0. The molecule has 2 atom stereocenters. The van der Waals surface area contributed by atoms with Gasteiger partial charge in [-0.3, -0.25) is 0 Å². The summed E-state index contributed by atoms with van der Waals surface area (Å²) < 4.78 is 0. The highest BCUT2D eigenvalue weighted by molar-refractivity contribution is 7.80. The van der Waals surface area contributed by atoms with E-state index >= 15 is 0 Å². The topological polar surface area (TPSA) is 28.5 Å². The molecule has 1 aromatic carbocycles. The second-order valence-electron chi connectivity index (χ2n) is 5.95. The van der Waals surface area contributed by atoms with Crippen molar-refractivity contribution in [1.29, 1.82) is 0 Å². The van der Waals surface area contributed by atoms with E-state index in [1.54, 1.807) is 23.1 Å². The van der Waals surface area contributed by atoms with Gasteiger partial charge in [0.25, 0.3) is 0 Å². The summed E-state index contributed by atoms with van der Waals surface area (Å²) in [5.41, 5.74) is 0.810. The molecule has 0 bridgehead atoms. The molecule has 0 aromatic heterocycles. The van der Waals surface area contributed by atoms with Gasteiger partial charge in [0.2, 0.25) is 0 Å². The summed E-state index contributed by atoms with van der Waals surface area (Å²) in [6, 6.07) is 6.11. The summed E-state index contributed by atoms with van der Waals surface area (Å²) >= 11 is 17.2.